The zero-order valence-corrected chi connectivity index (χ0v) is 9.23. The molecule has 92 valence electrons. The monoisotopic (exact) mass is 245 g/mol. The van der Waals surface area contributed by atoms with E-state index in [1.165, 1.54) is 10.9 Å². The van der Waals surface area contributed by atoms with Gasteiger partial charge in [-0.25, -0.2) is 0 Å². The summed E-state index contributed by atoms with van der Waals surface area (Å²) in [5.74, 6) is 1.25. The first-order valence-electron chi connectivity index (χ1n) is 4.83. The first kappa shape index (κ1) is 11.6. The van der Waals surface area contributed by atoms with Gasteiger partial charge in [0.2, 0.25) is 0 Å². The molecule has 0 aliphatic heterocycles. The molecule has 0 radical (unpaired) electrons. The van der Waals surface area contributed by atoms with E-state index in [1.807, 2.05) is 0 Å². The van der Waals surface area contributed by atoms with Crippen molar-refractivity contribution in [1.29, 1.82) is 0 Å². The van der Waals surface area contributed by atoms with Crippen LogP contribution in [0.2, 0.25) is 0 Å². The predicted octanol–water partition coefficient (Wildman–Crippen LogP) is 1.39. The lowest BCUT2D eigenvalue weighted by Gasteiger charge is -2.03. The predicted molar refractivity (Wildman–Crippen MR) is 52.1 cm³/mol. The van der Waals surface area contributed by atoms with Crippen LogP contribution in [-0.2, 0) is 19.8 Å². The summed E-state index contributed by atoms with van der Waals surface area (Å²) < 4.78 is 39.8. The van der Waals surface area contributed by atoms with E-state index in [0.29, 0.717) is 11.6 Å². The van der Waals surface area contributed by atoms with Crippen molar-refractivity contribution in [2.75, 3.05) is 0 Å². The van der Waals surface area contributed by atoms with E-state index in [4.69, 9.17) is 0 Å². The molecule has 8 heteroatoms. The van der Waals surface area contributed by atoms with Crippen molar-refractivity contribution in [2.24, 2.45) is 7.05 Å². The van der Waals surface area contributed by atoms with Gasteiger partial charge in [-0.1, -0.05) is 0 Å². The maximum Gasteiger partial charge on any atom is 0.435 e. The van der Waals surface area contributed by atoms with Crippen molar-refractivity contribution in [2.45, 2.75) is 19.6 Å². The van der Waals surface area contributed by atoms with Gasteiger partial charge in [0.25, 0.3) is 0 Å². The zero-order chi connectivity index (χ0) is 12.6. The Balaban J connectivity index is 2.20. The van der Waals surface area contributed by atoms with E-state index in [2.05, 4.69) is 15.3 Å². The van der Waals surface area contributed by atoms with Crippen molar-refractivity contribution in [1.82, 2.24) is 24.5 Å². The number of halogens is 3. The Morgan fingerprint density at radius 3 is 2.47 bits per heavy atom. The van der Waals surface area contributed by atoms with E-state index in [1.54, 1.807) is 18.5 Å². The third-order valence-electron chi connectivity index (χ3n) is 2.42. The molecule has 2 heterocycles. The molecule has 0 saturated heterocycles. The average Bonchev–Trinajstić information content (AvgIpc) is 2.80. The lowest BCUT2D eigenvalue weighted by molar-refractivity contribution is -0.141. The molecule has 2 aromatic rings. The molecule has 0 spiro atoms. The van der Waals surface area contributed by atoms with Gasteiger partial charge >= 0.3 is 6.18 Å². The highest BCUT2D eigenvalue weighted by atomic mass is 19.4. The van der Waals surface area contributed by atoms with Gasteiger partial charge in [-0.3, -0.25) is 4.68 Å². The summed E-state index contributed by atoms with van der Waals surface area (Å²) in [7, 11) is 1.75. The third kappa shape index (κ3) is 2.29. The fraction of sp³-hybridized carbons (Fsp3) is 0.444. The molecule has 0 aliphatic carbocycles. The van der Waals surface area contributed by atoms with Crippen LogP contribution in [0.5, 0.6) is 0 Å². The van der Waals surface area contributed by atoms with Crippen LogP contribution < -0.4 is 0 Å². The summed E-state index contributed by atoms with van der Waals surface area (Å²) >= 11 is 0. The van der Waals surface area contributed by atoms with Crippen LogP contribution in [0.1, 0.15) is 17.3 Å². The van der Waals surface area contributed by atoms with Gasteiger partial charge in [-0.15, -0.1) is 10.2 Å². The van der Waals surface area contributed by atoms with Crippen molar-refractivity contribution in [3.05, 3.63) is 29.6 Å². The number of alkyl halides is 3. The van der Waals surface area contributed by atoms with Crippen LogP contribution in [0.3, 0.4) is 0 Å². The quantitative estimate of drug-likeness (QED) is 0.803. The minimum absolute atomic E-state index is 0.160. The highest BCUT2D eigenvalue weighted by Gasteiger charge is 2.33. The van der Waals surface area contributed by atoms with Gasteiger partial charge < -0.3 is 4.57 Å². The van der Waals surface area contributed by atoms with Gasteiger partial charge in [0.1, 0.15) is 12.4 Å². The van der Waals surface area contributed by atoms with E-state index < -0.39 is 11.9 Å². The molecule has 0 N–H and O–H groups in total. The summed E-state index contributed by atoms with van der Waals surface area (Å²) in [4.78, 5) is 0. The van der Waals surface area contributed by atoms with Crippen LogP contribution in [0.4, 0.5) is 13.2 Å². The SMILES string of the molecule is Cc1nnc(Cn2ccc(C(F)(F)F)n2)n1C. The van der Waals surface area contributed by atoms with Gasteiger partial charge in [-0.2, -0.15) is 18.3 Å². The first-order chi connectivity index (χ1) is 7.88. The molecule has 5 nitrogen and oxygen atoms in total. The van der Waals surface area contributed by atoms with E-state index >= 15 is 0 Å². The molecule has 0 fully saturated rings. The number of nitrogens with zero attached hydrogens (tertiary/aromatic N) is 5. The smallest absolute Gasteiger partial charge is 0.317 e. The van der Waals surface area contributed by atoms with Crippen molar-refractivity contribution in [3.63, 3.8) is 0 Å². The van der Waals surface area contributed by atoms with Crippen LogP contribution in [-0.4, -0.2) is 24.5 Å². The Morgan fingerprint density at radius 1 is 1.29 bits per heavy atom. The second-order valence-electron chi connectivity index (χ2n) is 3.62. The van der Waals surface area contributed by atoms with Crippen molar-refractivity contribution < 1.29 is 13.2 Å². The Hall–Kier alpha value is -1.86. The van der Waals surface area contributed by atoms with Crippen molar-refractivity contribution >= 4 is 0 Å². The molecular weight excluding hydrogens is 235 g/mol. The minimum atomic E-state index is -4.42. The molecule has 0 atom stereocenters. The number of aromatic nitrogens is 5. The normalized spacial score (nSPS) is 12.1. The molecule has 0 saturated carbocycles. The molecular formula is C9H10F3N5. The Morgan fingerprint density at radius 2 is 2.00 bits per heavy atom. The Bertz CT molecular complexity index is 525. The molecule has 0 aromatic carbocycles. The molecule has 17 heavy (non-hydrogen) atoms. The summed E-state index contributed by atoms with van der Waals surface area (Å²) in [6.07, 6.45) is -3.14. The molecule has 0 aliphatic rings. The molecule has 0 unspecified atom stereocenters. The average molecular weight is 245 g/mol. The largest absolute Gasteiger partial charge is 0.435 e. The summed E-state index contributed by atoms with van der Waals surface area (Å²) in [5.41, 5.74) is -0.906. The number of hydrogen-bond donors (Lipinski definition) is 0. The minimum Gasteiger partial charge on any atom is -0.317 e. The number of aryl methyl sites for hydroxylation is 1. The van der Waals surface area contributed by atoms with E-state index in [9.17, 15) is 13.2 Å². The van der Waals surface area contributed by atoms with E-state index in [-0.39, 0.29) is 6.54 Å². The van der Waals surface area contributed by atoms with Crippen LogP contribution in [0.25, 0.3) is 0 Å². The van der Waals surface area contributed by atoms with Crippen LogP contribution in [0.15, 0.2) is 12.3 Å². The van der Waals surface area contributed by atoms with Gasteiger partial charge in [0, 0.05) is 13.2 Å². The highest BCUT2D eigenvalue weighted by molar-refractivity contribution is 5.04. The number of hydrogen-bond acceptors (Lipinski definition) is 3. The highest BCUT2D eigenvalue weighted by Crippen LogP contribution is 2.27. The van der Waals surface area contributed by atoms with Crippen LogP contribution >= 0.6 is 0 Å². The van der Waals surface area contributed by atoms with Crippen molar-refractivity contribution in [3.8, 4) is 0 Å². The standard InChI is InChI=1S/C9H10F3N5/c1-6-13-14-8(16(6)2)5-17-4-3-7(15-17)9(10,11)12/h3-4H,5H2,1-2H3. The fourth-order valence-corrected chi connectivity index (χ4v) is 1.33. The van der Waals surface area contributed by atoms with Crippen LogP contribution in [0, 0.1) is 6.92 Å². The second kappa shape index (κ2) is 3.86. The Labute approximate surface area is 94.9 Å². The maximum atomic E-state index is 12.3. The first-order valence-corrected chi connectivity index (χ1v) is 4.83. The fourth-order valence-electron chi connectivity index (χ4n) is 1.33. The molecule has 0 bridgehead atoms. The maximum absolute atomic E-state index is 12.3. The summed E-state index contributed by atoms with van der Waals surface area (Å²) in [5, 5.41) is 11.1. The molecule has 2 rings (SSSR count). The zero-order valence-electron chi connectivity index (χ0n) is 9.23. The van der Waals surface area contributed by atoms with Gasteiger partial charge in [-0.05, 0) is 13.0 Å². The lowest BCUT2D eigenvalue weighted by atomic mass is 10.4. The van der Waals surface area contributed by atoms with Gasteiger partial charge in [0.05, 0.1) is 0 Å². The summed E-state index contributed by atoms with van der Waals surface area (Å²) in [6, 6.07) is 0.934. The molecule has 2 aromatic heterocycles. The number of rotatable bonds is 2. The summed E-state index contributed by atoms with van der Waals surface area (Å²) in [6.45, 7) is 1.92. The second-order valence-corrected chi connectivity index (χ2v) is 3.62. The van der Waals surface area contributed by atoms with Gasteiger partial charge in [0.15, 0.2) is 11.5 Å². The molecule has 0 amide bonds. The third-order valence-corrected chi connectivity index (χ3v) is 2.42. The van der Waals surface area contributed by atoms with E-state index in [0.717, 1.165) is 6.07 Å². The lowest BCUT2D eigenvalue weighted by Crippen LogP contribution is -2.10. The topological polar surface area (TPSA) is 48.5 Å². The Kier molecular flexibility index (Phi) is 2.64.